The summed E-state index contributed by atoms with van der Waals surface area (Å²) in [7, 11) is 3.18. The summed E-state index contributed by atoms with van der Waals surface area (Å²) in [5.74, 6) is 0.117. The van der Waals surface area contributed by atoms with Crippen LogP contribution in [-0.4, -0.2) is 26.6 Å². The van der Waals surface area contributed by atoms with Crippen LogP contribution < -0.4 is 0 Å². The van der Waals surface area contributed by atoms with Gasteiger partial charge >= 0.3 is 0 Å². The highest BCUT2D eigenvalue weighted by Crippen LogP contribution is 2.34. The molecule has 1 aliphatic rings. The molecule has 0 amide bonds. The minimum absolute atomic E-state index is 0.117. The highest BCUT2D eigenvalue weighted by atomic mass is 16.5. The van der Waals surface area contributed by atoms with Gasteiger partial charge in [-0.1, -0.05) is 24.3 Å². The zero-order chi connectivity index (χ0) is 12.3. The Morgan fingerprint density at radius 2 is 2.00 bits per heavy atom. The normalized spacial score (nSPS) is 24.2. The molecule has 17 heavy (non-hydrogen) atoms. The molecule has 0 aliphatic heterocycles. The molecular weight excluding hydrogens is 216 g/mol. The number of carbonyl (C=O) groups excluding carboxylic acids is 1. The molecule has 2 rings (SSSR count). The summed E-state index contributed by atoms with van der Waals surface area (Å²) >= 11 is 0. The predicted molar refractivity (Wildman–Crippen MR) is 65.0 cm³/mol. The summed E-state index contributed by atoms with van der Waals surface area (Å²) in [4.78, 5) is 12.3. The van der Waals surface area contributed by atoms with E-state index in [2.05, 4.69) is 6.07 Å². The zero-order valence-corrected chi connectivity index (χ0v) is 10.4. The molecule has 1 aromatic carbocycles. The van der Waals surface area contributed by atoms with Crippen LogP contribution >= 0.6 is 0 Å². The van der Waals surface area contributed by atoms with Crippen LogP contribution in [0.1, 0.15) is 24.0 Å². The van der Waals surface area contributed by atoms with Gasteiger partial charge in [-0.2, -0.15) is 0 Å². The second kappa shape index (κ2) is 4.98. The van der Waals surface area contributed by atoms with Crippen molar-refractivity contribution in [3.63, 3.8) is 0 Å². The Morgan fingerprint density at radius 1 is 1.24 bits per heavy atom. The highest BCUT2D eigenvalue weighted by molar-refractivity contribution is 5.89. The molecule has 3 nitrogen and oxygen atoms in total. The molecule has 0 N–H and O–H groups in total. The molecule has 1 unspecified atom stereocenters. The summed E-state index contributed by atoms with van der Waals surface area (Å²) in [6.45, 7) is 0.277. The van der Waals surface area contributed by atoms with Crippen LogP contribution in [0, 0.1) is 0 Å². The van der Waals surface area contributed by atoms with Gasteiger partial charge in [0.05, 0.1) is 6.61 Å². The van der Waals surface area contributed by atoms with Crippen molar-refractivity contribution < 1.29 is 14.3 Å². The van der Waals surface area contributed by atoms with Crippen LogP contribution in [0.2, 0.25) is 0 Å². The average Bonchev–Trinajstić information content (AvgIpc) is 2.49. The lowest BCUT2D eigenvalue weighted by molar-refractivity contribution is -0.149. The Labute approximate surface area is 102 Å². The van der Waals surface area contributed by atoms with Crippen molar-refractivity contribution in [2.45, 2.75) is 24.9 Å². The fourth-order valence-electron chi connectivity index (χ4n) is 2.57. The van der Waals surface area contributed by atoms with Crippen molar-refractivity contribution in [3.05, 3.63) is 35.4 Å². The van der Waals surface area contributed by atoms with Crippen LogP contribution in [0.5, 0.6) is 0 Å². The van der Waals surface area contributed by atoms with E-state index in [4.69, 9.17) is 9.47 Å². The van der Waals surface area contributed by atoms with Crippen LogP contribution in [0.3, 0.4) is 0 Å². The van der Waals surface area contributed by atoms with Gasteiger partial charge < -0.3 is 9.47 Å². The number of aryl methyl sites for hydroxylation is 1. The van der Waals surface area contributed by atoms with Gasteiger partial charge in [0.1, 0.15) is 0 Å². The summed E-state index contributed by atoms with van der Waals surface area (Å²) in [6, 6.07) is 7.99. The summed E-state index contributed by atoms with van der Waals surface area (Å²) < 4.78 is 10.8. The zero-order valence-electron chi connectivity index (χ0n) is 10.4. The molecule has 0 bridgehead atoms. The monoisotopic (exact) mass is 234 g/mol. The Bertz CT molecular complexity index is 414. The molecule has 0 saturated heterocycles. The molecule has 0 aromatic heterocycles. The number of Topliss-reactive ketones (excluding diaryl/α,β-unsaturated/α-hetero) is 1. The second-order valence-corrected chi connectivity index (χ2v) is 4.40. The van der Waals surface area contributed by atoms with Gasteiger partial charge in [0.2, 0.25) is 0 Å². The molecule has 0 saturated carbocycles. The van der Waals surface area contributed by atoms with Crippen LogP contribution in [-0.2, 0) is 26.3 Å². The van der Waals surface area contributed by atoms with Crippen molar-refractivity contribution in [2.75, 3.05) is 20.8 Å². The summed E-state index contributed by atoms with van der Waals surface area (Å²) in [6.07, 6.45) is 2.35. The number of rotatable bonds is 3. The molecule has 0 heterocycles. The predicted octanol–water partition coefficient (Wildman–Crippen LogP) is 2.08. The molecule has 1 aromatic rings. The molecule has 1 atom stereocenters. The molecule has 0 radical (unpaired) electrons. The van der Waals surface area contributed by atoms with Crippen molar-refractivity contribution in [1.82, 2.24) is 0 Å². The van der Waals surface area contributed by atoms with E-state index in [1.165, 1.54) is 5.56 Å². The Morgan fingerprint density at radius 3 is 2.71 bits per heavy atom. The van der Waals surface area contributed by atoms with Gasteiger partial charge in [-0.15, -0.1) is 0 Å². The van der Waals surface area contributed by atoms with Crippen molar-refractivity contribution >= 4 is 5.78 Å². The fourth-order valence-corrected chi connectivity index (χ4v) is 2.57. The molecule has 1 aliphatic carbocycles. The number of ketones is 1. The van der Waals surface area contributed by atoms with E-state index in [0.29, 0.717) is 6.42 Å². The number of fused-ring (bicyclic) bond motifs is 1. The second-order valence-electron chi connectivity index (χ2n) is 4.40. The lowest BCUT2D eigenvalue weighted by Crippen LogP contribution is -2.42. The van der Waals surface area contributed by atoms with Crippen LogP contribution in [0.25, 0.3) is 0 Å². The number of methoxy groups -OCH3 is 2. The van der Waals surface area contributed by atoms with Gasteiger partial charge in [0.25, 0.3) is 0 Å². The maximum atomic E-state index is 12.3. The summed E-state index contributed by atoms with van der Waals surface area (Å²) in [5, 5.41) is 0. The minimum Gasteiger partial charge on any atom is -0.381 e. The fraction of sp³-hybridized carbons (Fsp3) is 0.500. The number of hydrogen-bond acceptors (Lipinski definition) is 3. The summed E-state index contributed by atoms with van der Waals surface area (Å²) in [5.41, 5.74) is 1.24. The molecule has 92 valence electrons. The van der Waals surface area contributed by atoms with Crippen molar-refractivity contribution in [1.29, 1.82) is 0 Å². The average molecular weight is 234 g/mol. The lowest BCUT2D eigenvalue weighted by Gasteiger charge is -2.30. The van der Waals surface area contributed by atoms with E-state index in [-0.39, 0.29) is 12.4 Å². The first kappa shape index (κ1) is 12.3. The first-order chi connectivity index (χ1) is 8.24. The topological polar surface area (TPSA) is 35.5 Å². The SMILES string of the molecule is COCC1(OC)C(=O)CCCc2ccccc21. The first-order valence-electron chi connectivity index (χ1n) is 5.90. The van der Waals surface area contributed by atoms with Gasteiger partial charge in [-0.3, -0.25) is 4.79 Å². The molecular formula is C14H18O3. The highest BCUT2D eigenvalue weighted by Gasteiger charge is 2.42. The third-order valence-electron chi connectivity index (χ3n) is 3.45. The lowest BCUT2D eigenvalue weighted by atomic mass is 9.87. The third-order valence-corrected chi connectivity index (χ3v) is 3.45. The van der Waals surface area contributed by atoms with Crippen molar-refractivity contribution in [3.8, 4) is 0 Å². The Balaban J connectivity index is 2.56. The maximum absolute atomic E-state index is 12.3. The quantitative estimate of drug-likeness (QED) is 0.751. The van der Waals surface area contributed by atoms with E-state index < -0.39 is 5.60 Å². The Kier molecular flexibility index (Phi) is 3.60. The number of ether oxygens (including phenoxy) is 2. The van der Waals surface area contributed by atoms with E-state index in [0.717, 1.165) is 18.4 Å². The van der Waals surface area contributed by atoms with E-state index >= 15 is 0 Å². The largest absolute Gasteiger partial charge is 0.381 e. The van der Waals surface area contributed by atoms with Crippen LogP contribution in [0.15, 0.2) is 24.3 Å². The van der Waals surface area contributed by atoms with Gasteiger partial charge in [-0.05, 0) is 24.0 Å². The van der Waals surface area contributed by atoms with E-state index in [9.17, 15) is 4.79 Å². The number of benzene rings is 1. The first-order valence-corrected chi connectivity index (χ1v) is 5.90. The molecule has 3 heteroatoms. The van der Waals surface area contributed by atoms with E-state index in [1.807, 2.05) is 18.2 Å². The smallest absolute Gasteiger partial charge is 0.174 e. The van der Waals surface area contributed by atoms with Gasteiger partial charge in [0.15, 0.2) is 11.4 Å². The minimum atomic E-state index is -0.915. The third kappa shape index (κ3) is 2.01. The number of carbonyl (C=O) groups is 1. The maximum Gasteiger partial charge on any atom is 0.174 e. The number of hydrogen-bond donors (Lipinski definition) is 0. The standard InChI is InChI=1S/C14H18O3/c1-16-10-14(17-2)12-8-4-3-6-11(12)7-5-9-13(14)15/h3-4,6,8H,5,7,9-10H2,1-2H3. The van der Waals surface area contributed by atoms with Crippen molar-refractivity contribution in [2.24, 2.45) is 0 Å². The van der Waals surface area contributed by atoms with Crippen LogP contribution in [0.4, 0.5) is 0 Å². The van der Waals surface area contributed by atoms with Gasteiger partial charge in [-0.25, -0.2) is 0 Å². The van der Waals surface area contributed by atoms with E-state index in [1.54, 1.807) is 14.2 Å². The molecule has 0 spiro atoms. The molecule has 0 fully saturated rings. The van der Waals surface area contributed by atoms with Gasteiger partial charge in [0, 0.05) is 20.6 Å². The Hall–Kier alpha value is -1.19.